The van der Waals surface area contributed by atoms with Gasteiger partial charge in [-0.15, -0.1) is 0 Å². The van der Waals surface area contributed by atoms with Crippen molar-refractivity contribution in [1.29, 1.82) is 0 Å². The first kappa shape index (κ1) is 15.6. The molecule has 6 heteroatoms. The molecule has 0 aliphatic carbocycles. The highest BCUT2D eigenvalue weighted by Crippen LogP contribution is 2.47. The highest BCUT2D eigenvalue weighted by molar-refractivity contribution is 7.53. The normalized spacial score (nSPS) is 12.4. The van der Waals surface area contributed by atoms with Crippen LogP contribution in [0.1, 0.15) is 12.0 Å². The lowest BCUT2D eigenvalue weighted by atomic mass is 10.0. The van der Waals surface area contributed by atoms with Gasteiger partial charge in [0, 0.05) is 20.3 Å². The Morgan fingerprint density at radius 1 is 1.26 bits per heavy atom. The summed E-state index contributed by atoms with van der Waals surface area (Å²) >= 11 is 0. The monoisotopic (exact) mass is 284 g/mol. The van der Waals surface area contributed by atoms with Crippen LogP contribution in [-0.2, 0) is 18.4 Å². The Hall–Kier alpha value is -1.42. The standard InChI is InChI=1S/C13H17O5P/c1-17-19(16,18-2)9-8-12(10-13(14)15)11-6-4-3-5-7-11/h3-7,10H,8-9H2,1-2H3,(H,14,15). The molecule has 0 amide bonds. The van der Waals surface area contributed by atoms with Crippen LogP contribution in [0, 0.1) is 0 Å². The van der Waals surface area contributed by atoms with Gasteiger partial charge in [0.1, 0.15) is 0 Å². The Labute approximate surface area is 112 Å². The van der Waals surface area contributed by atoms with E-state index >= 15 is 0 Å². The van der Waals surface area contributed by atoms with Crippen molar-refractivity contribution >= 4 is 19.1 Å². The fraction of sp³-hybridized carbons (Fsp3) is 0.308. The number of hydrogen-bond donors (Lipinski definition) is 1. The lowest BCUT2D eigenvalue weighted by Gasteiger charge is -2.14. The number of hydrogen-bond acceptors (Lipinski definition) is 4. The van der Waals surface area contributed by atoms with E-state index in [4.69, 9.17) is 14.2 Å². The quantitative estimate of drug-likeness (QED) is 0.615. The van der Waals surface area contributed by atoms with E-state index in [2.05, 4.69) is 0 Å². The zero-order valence-electron chi connectivity index (χ0n) is 10.9. The third kappa shape index (κ3) is 4.99. The molecular formula is C13H17O5P. The molecule has 1 aromatic carbocycles. The van der Waals surface area contributed by atoms with Gasteiger partial charge in [0.25, 0.3) is 0 Å². The number of benzene rings is 1. The molecule has 0 saturated carbocycles. The summed E-state index contributed by atoms with van der Waals surface area (Å²) < 4.78 is 21.6. The second-order valence-corrected chi connectivity index (χ2v) is 6.22. The molecule has 19 heavy (non-hydrogen) atoms. The topological polar surface area (TPSA) is 72.8 Å². The van der Waals surface area contributed by atoms with E-state index in [-0.39, 0.29) is 6.16 Å². The molecule has 1 rings (SSSR count). The van der Waals surface area contributed by atoms with Gasteiger partial charge in [-0.25, -0.2) is 4.79 Å². The van der Waals surface area contributed by atoms with E-state index < -0.39 is 13.6 Å². The average Bonchev–Trinajstić information content (AvgIpc) is 2.43. The number of carboxylic acid groups (broad SMARTS) is 1. The van der Waals surface area contributed by atoms with Gasteiger partial charge < -0.3 is 14.2 Å². The van der Waals surface area contributed by atoms with Gasteiger partial charge in [0.05, 0.1) is 6.16 Å². The van der Waals surface area contributed by atoms with Gasteiger partial charge >= 0.3 is 13.6 Å². The van der Waals surface area contributed by atoms with Crippen molar-refractivity contribution in [2.24, 2.45) is 0 Å². The molecule has 0 aromatic heterocycles. The van der Waals surface area contributed by atoms with Crippen LogP contribution in [0.5, 0.6) is 0 Å². The molecule has 1 N–H and O–H groups in total. The lowest BCUT2D eigenvalue weighted by molar-refractivity contribution is -0.131. The van der Waals surface area contributed by atoms with Crippen LogP contribution in [0.25, 0.3) is 5.57 Å². The fourth-order valence-corrected chi connectivity index (χ4v) is 2.64. The summed E-state index contributed by atoms with van der Waals surface area (Å²) in [5, 5.41) is 8.88. The van der Waals surface area contributed by atoms with Gasteiger partial charge in [0.2, 0.25) is 0 Å². The molecule has 0 saturated heterocycles. The molecule has 0 radical (unpaired) electrons. The maximum absolute atomic E-state index is 12.0. The second-order valence-electron chi connectivity index (χ2n) is 3.82. The summed E-state index contributed by atoms with van der Waals surface area (Å²) in [6, 6.07) is 9.09. The molecule has 0 heterocycles. The molecule has 0 bridgehead atoms. The van der Waals surface area contributed by atoms with Crippen LogP contribution in [0.15, 0.2) is 36.4 Å². The van der Waals surface area contributed by atoms with E-state index in [0.29, 0.717) is 12.0 Å². The minimum absolute atomic E-state index is 0.133. The molecule has 0 fully saturated rings. The van der Waals surface area contributed by atoms with Gasteiger partial charge in [-0.2, -0.15) is 0 Å². The Kier molecular flexibility index (Phi) is 5.96. The maximum atomic E-state index is 12.0. The first-order valence-electron chi connectivity index (χ1n) is 5.70. The van der Waals surface area contributed by atoms with E-state index in [9.17, 15) is 9.36 Å². The van der Waals surface area contributed by atoms with E-state index in [1.165, 1.54) is 14.2 Å². The summed E-state index contributed by atoms with van der Waals surface area (Å²) in [6.45, 7) is 0. The smallest absolute Gasteiger partial charge is 0.330 e. The zero-order chi connectivity index (χ0) is 14.3. The van der Waals surface area contributed by atoms with Gasteiger partial charge in [0.15, 0.2) is 0 Å². The van der Waals surface area contributed by atoms with E-state index in [1.54, 1.807) is 12.1 Å². The summed E-state index contributed by atoms with van der Waals surface area (Å²) in [5.41, 5.74) is 1.37. The fourth-order valence-electron chi connectivity index (χ4n) is 1.62. The van der Waals surface area contributed by atoms with Crippen molar-refractivity contribution in [2.45, 2.75) is 6.42 Å². The van der Waals surface area contributed by atoms with Crippen LogP contribution in [-0.4, -0.2) is 31.5 Å². The molecule has 0 aliphatic heterocycles. The first-order valence-corrected chi connectivity index (χ1v) is 7.43. The molecule has 1 aromatic rings. The Balaban J connectivity index is 2.90. The van der Waals surface area contributed by atoms with Crippen LogP contribution < -0.4 is 0 Å². The predicted molar refractivity (Wildman–Crippen MR) is 73.2 cm³/mol. The summed E-state index contributed by atoms with van der Waals surface area (Å²) in [5.74, 6) is -1.04. The minimum atomic E-state index is -3.13. The molecule has 5 nitrogen and oxygen atoms in total. The Bertz CT molecular complexity index is 487. The number of carboxylic acids is 1. The number of allylic oxidation sites excluding steroid dienone is 1. The molecule has 0 spiro atoms. The molecular weight excluding hydrogens is 267 g/mol. The average molecular weight is 284 g/mol. The number of carbonyl (C=O) groups is 1. The molecule has 0 atom stereocenters. The zero-order valence-corrected chi connectivity index (χ0v) is 11.8. The van der Waals surface area contributed by atoms with E-state index in [1.807, 2.05) is 18.2 Å². The predicted octanol–water partition coefficient (Wildman–Crippen LogP) is 3.03. The third-order valence-corrected chi connectivity index (χ3v) is 4.54. The molecule has 0 unspecified atom stereocenters. The highest BCUT2D eigenvalue weighted by atomic mass is 31.2. The SMILES string of the molecule is COP(=O)(CCC(=CC(=O)O)c1ccccc1)OC. The van der Waals surface area contributed by atoms with Gasteiger partial charge in [-0.1, -0.05) is 30.3 Å². The van der Waals surface area contributed by atoms with Crippen molar-refractivity contribution in [1.82, 2.24) is 0 Å². The summed E-state index contributed by atoms with van der Waals surface area (Å²) in [7, 11) is -0.507. The largest absolute Gasteiger partial charge is 0.478 e. The molecule has 0 aliphatic rings. The highest BCUT2D eigenvalue weighted by Gasteiger charge is 2.21. The van der Waals surface area contributed by atoms with Gasteiger partial charge in [-0.3, -0.25) is 4.57 Å². The lowest BCUT2D eigenvalue weighted by Crippen LogP contribution is -1.99. The maximum Gasteiger partial charge on any atom is 0.330 e. The van der Waals surface area contributed by atoms with Crippen LogP contribution in [0.3, 0.4) is 0 Å². The van der Waals surface area contributed by atoms with Crippen LogP contribution in [0.2, 0.25) is 0 Å². The second kappa shape index (κ2) is 7.24. The van der Waals surface area contributed by atoms with Crippen molar-refractivity contribution in [3.63, 3.8) is 0 Å². The Morgan fingerprint density at radius 3 is 2.32 bits per heavy atom. The van der Waals surface area contributed by atoms with E-state index in [0.717, 1.165) is 11.6 Å². The van der Waals surface area contributed by atoms with Crippen LogP contribution >= 0.6 is 7.60 Å². The minimum Gasteiger partial charge on any atom is -0.478 e. The van der Waals surface area contributed by atoms with Crippen molar-refractivity contribution in [2.75, 3.05) is 20.4 Å². The third-order valence-electron chi connectivity index (χ3n) is 2.65. The summed E-state index contributed by atoms with van der Waals surface area (Å²) in [6.07, 6.45) is 1.55. The summed E-state index contributed by atoms with van der Waals surface area (Å²) in [4.78, 5) is 10.8. The van der Waals surface area contributed by atoms with Crippen molar-refractivity contribution < 1.29 is 23.5 Å². The van der Waals surface area contributed by atoms with Gasteiger partial charge in [-0.05, 0) is 17.6 Å². The first-order chi connectivity index (χ1) is 9.00. The van der Waals surface area contributed by atoms with Crippen LogP contribution in [0.4, 0.5) is 0 Å². The molecule has 104 valence electrons. The Morgan fingerprint density at radius 2 is 1.84 bits per heavy atom. The van der Waals surface area contributed by atoms with Crippen molar-refractivity contribution in [3.05, 3.63) is 42.0 Å². The number of aliphatic carboxylic acids is 1. The van der Waals surface area contributed by atoms with Crippen molar-refractivity contribution in [3.8, 4) is 0 Å². The number of rotatable bonds is 7.